The van der Waals surface area contributed by atoms with Crippen molar-refractivity contribution >= 4 is 15.9 Å². The minimum Gasteiger partial charge on any atom is -0.308 e. The lowest BCUT2D eigenvalue weighted by Gasteiger charge is -2.16. The van der Waals surface area contributed by atoms with Crippen LogP contribution in [0.1, 0.15) is 21.5 Å². The molecule has 1 aromatic carbocycles. The maximum absolute atomic E-state index is 3.70. The van der Waals surface area contributed by atoms with E-state index >= 15 is 0 Å². The number of benzene rings is 1. The summed E-state index contributed by atoms with van der Waals surface area (Å²) in [6.45, 7) is 5.34. The summed E-state index contributed by atoms with van der Waals surface area (Å²) in [6, 6.07) is 6.65. The summed E-state index contributed by atoms with van der Waals surface area (Å²) in [4.78, 5) is 2.62. The number of halogens is 1. The highest BCUT2D eigenvalue weighted by Gasteiger charge is 2.08. The van der Waals surface area contributed by atoms with Gasteiger partial charge in [0.05, 0.1) is 4.83 Å². The van der Waals surface area contributed by atoms with Crippen LogP contribution in [-0.4, -0.2) is 25.5 Å². The molecule has 1 nitrogen and oxygen atoms in total. The van der Waals surface area contributed by atoms with Crippen LogP contribution in [-0.2, 0) is 0 Å². The van der Waals surface area contributed by atoms with Crippen molar-refractivity contribution in [2.24, 2.45) is 0 Å². The third-order valence-corrected chi connectivity index (χ3v) is 3.24. The summed E-state index contributed by atoms with van der Waals surface area (Å²) in [5.41, 5.74) is 4.09. The molecular formula is C12H18BrN. The summed E-state index contributed by atoms with van der Waals surface area (Å²) < 4.78 is 0. The van der Waals surface area contributed by atoms with Gasteiger partial charge in [-0.1, -0.05) is 34.1 Å². The van der Waals surface area contributed by atoms with Gasteiger partial charge in [-0.05, 0) is 44.6 Å². The van der Waals surface area contributed by atoms with Gasteiger partial charge in [-0.25, -0.2) is 0 Å². The third-order valence-electron chi connectivity index (χ3n) is 2.42. The van der Waals surface area contributed by atoms with Crippen molar-refractivity contribution in [3.8, 4) is 0 Å². The van der Waals surface area contributed by atoms with Gasteiger partial charge in [0, 0.05) is 6.54 Å². The predicted octanol–water partition coefficient (Wildman–Crippen LogP) is 3.30. The van der Waals surface area contributed by atoms with Crippen molar-refractivity contribution < 1.29 is 0 Å². The molecule has 0 fully saturated rings. The maximum atomic E-state index is 3.70. The van der Waals surface area contributed by atoms with Gasteiger partial charge in [0.2, 0.25) is 0 Å². The zero-order valence-electron chi connectivity index (χ0n) is 9.34. The Hall–Kier alpha value is -0.340. The highest BCUT2D eigenvalue weighted by Crippen LogP contribution is 2.24. The molecule has 1 atom stereocenters. The third kappa shape index (κ3) is 3.10. The Morgan fingerprint density at radius 1 is 1.21 bits per heavy atom. The van der Waals surface area contributed by atoms with Crippen LogP contribution in [0.2, 0.25) is 0 Å². The van der Waals surface area contributed by atoms with Gasteiger partial charge < -0.3 is 4.90 Å². The number of hydrogen-bond donors (Lipinski definition) is 0. The van der Waals surface area contributed by atoms with E-state index in [-0.39, 0.29) is 0 Å². The summed E-state index contributed by atoms with van der Waals surface area (Å²) in [5, 5.41) is 0. The number of likely N-dealkylation sites (N-methyl/N-ethyl adjacent to an activating group) is 1. The average molecular weight is 256 g/mol. The molecular weight excluding hydrogens is 238 g/mol. The molecule has 0 aliphatic carbocycles. The van der Waals surface area contributed by atoms with E-state index < -0.39 is 0 Å². The van der Waals surface area contributed by atoms with Gasteiger partial charge in [0.1, 0.15) is 0 Å². The van der Waals surface area contributed by atoms with Gasteiger partial charge in [-0.3, -0.25) is 0 Å². The van der Waals surface area contributed by atoms with Crippen molar-refractivity contribution in [3.05, 3.63) is 34.9 Å². The first-order chi connectivity index (χ1) is 6.50. The molecule has 2 heteroatoms. The van der Waals surface area contributed by atoms with Crippen LogP contribution in [0.4, 0.5) is 0 Å². The van der Waals surface area contributed by atoms with Crippen LogP contribution < -0.4 is 0 Å². The molecule has 78 valence electrons. The molecule has 0 spiro atoms. The highest BCUT2D eigenvalue weighted by molar-refractivity contribution is 9.09. The Kier molecular flexibility index (Phi) is 4.14. The Morgan fingerprint density at radius 2 is 1.86 bits per heavy atom. The monoisotopic (exact) mass is 255 g/mol. The second-order valence-electron chi connectivity index (χ2n) is 4.07. The Morgan fingerprint density at radius 3 is 2.36 bits per heavy atom. The van der Waals surface area contributed by atoms with Crippen molar-refractivity contribution in [3.63, 3.8) is 0 Å². The Bertz CT molecular complexity index is 307. The molecule has 0 aliphatic rings. The molecule has 1 aromatic rings. The smallest absolute Gasteiger partial charge is 0.0522 e. The summed E-state index contributed by atoms with van der Waals surface area (Å²) in [7, 11) is 4.19. The van der Waals surface area contributed by atoms with E-state index in [1.165, 1.54) is 16.7 Å². The molecule has 0 heterocycles. The lowest BCUT2D eigenvalue weighted by Crippen LogP contribution is -2.17. The second-order valence-corrected chi connectivity index (χ2v) is 5.18. The van der Waals surface area contributed by atoms with Crippen molar-refractivity contribution in [2.45, 2.75) is 18.7 Å². The van der Waals surface area contributed by atoms with E-state index in [1.807, 2.05) is 0 Å². The predicted molar refractivity (Wildman–Crippen MR) is 66.1 cm³/mol. The van der Waals surface area contributed by atoms with E-state index in [0.717, 1.165) is 6.54 Å². The zero-order valence-corrected chi connectivity index (χ0v) is 10.9. The lowest BCUT2D eigenvalue weighted by molar-refractivity contribution is 0.412. The topological polar surface area (TPSA) is 3.24 Å². The minimum absolute atomic E-state index is 0.428. The number of rotatable bonds is 3. The summed E-state index contributed by atoms with van der Waals surface area (Å²) in [6.07, 6.45) is 0. The first-order valence-corrected chi connectivity index (χ1v) is 5.78. The molecule has 0 aromatic heterocycles. The van der Waals surface area contributed by atoms with Crippen LogP contribution >= 0.6 is 15.9 Å². The molecule has 0 amide bonds. The van der Waals surface area contributed by atoms with Crippen molar-refractivity contribution in [1.82, 2.24) is 4.90 Å². The molecule has 0 aliphatic heterocycles. The van der Waals surface area contributed by atoms with E-state index in [0.29, 0.717) is 4.83 Å². The second kappa shape index (κ2) is 4.94. The fraction of sp³-hybridized carbons (Fsp3) is 0.500. The van der Waals surface area contributed by atoms with Gasteiger partial charge in [-0.15, -0.1) is 0 Å². The van der Waals surface area contributed by atoms with Crippen molar-refractivity contribution in [1.29, 1.82) is 0 Å². The number of alkyl halides is 1. The van der Waals surface area contributed by atoms with Gasteiger partial charge in [-0.2, -0.15) is 0 Å². The largest absolute Gasteiger partial charge is 0.308 e. The first-order valence-electron chi connectivity index (χ1n) is 4.86. The van der Waals surface area contributed by atoms with Gasteiger partial charge in [0.25, 0.3) is 0 Å². The van der Waals surface area contributed by atoms with E-state index in [9.17, 15) is 0 Å². The number of hydrogen-bond acceptors (Lipinski definition) is 1. The molecule has 0 N–H and O–H groups in total. The quantitative estimate of drug-likeness (QED) is 0.750. The molecule has 0 bridgehead atoms. The molecule has 1 rings (SSSR count). The number of aryl methyl sites for hydroxylation is 2. The van der Waals surface area contributed by atoms with Gasteiger partial charge >= 0.3 is 0 Å². The van der Waals surface area contributed by atoms with E-state index in [2.05, 4.69) is 67.0 Å². The minimum atomic E-state index is 0.428. The average Bonchev–Trinajstić information content (AvgIpc) is 2.08. The Labute approximate surface area is 95.2 Å². The first kappa shape index (κ1) is 11.7. The van der Waals surface area contributed by atoms with Gasteiger partial charge in [0.15, 0.2) is 0 Å². The molecule has 1 unspecified atom stereocenters. The van der Waals surface area contributed by atoms with Crippen LogP contribution in [0.3, 0.4) is 0 Å². The van der Waals surface area contributed by atoms with Crippen LogP contribution in [0, 0.1) is 13.8 Å². The molecule has 0 radical (unpaired) electrons. The molecule has 0 saturated carbocycles. The summed E-state index contributed by atoms with van der Waals surface area (Å²) in [5.74, 6) is 0. The Balaban J connectivity index is 2.80. The standard InChI is InChI=1S/C12H18BrN/c1-9-5-6-11(7-10(9)2)12(13)8-14(3)4/h5-7,12H,8H2,1-4H3. The van der Waals surface area contributed by atoms with Crippen LogP contribution in [0.5, 0.6) is 0 Å². The fourth-order valence-corrected chi connectivity index (χ4v) is 2.25. The summed E-state index contributed by atoms with van der Waals surface area (Å²) >= 11 is 3.70. The number of nitrogens with zero attached hydrogens (tertiary/aromatic N) is 1. The lowest BCUT2D eigenvalue weighted by atomic mass is 10.0. The molecule has 14 heavy (non-hydrogen) atoms. The maximum Gasteiger partial charge on any atom is 0.0522 e. The normalized spacial score (nSPS) is 13.3. The van der Waals surface area contributed by atoms with E-state index in [1.54, 1.807) is 0 Å². The highest BCUT2D eigenvalue weighted by atomic mass is 79.9. The SMILES string of the molecule is Cc1ccc(C(Br)CN(C)C)cc1C. The van der Waals surface area contributed by atoms with Crippen LogP contribution in [0.15, 0.2) is 18.2 Å². The fourth-order valence-electron chi connectivity index (χ4n) is 1.39. The van der Waals surface area contributed by atoms with Crippen LogP contribution in [0.25, 0.3) is 0 Å². The zero-order chi connectivity index (χ0) is 10.7. The van der Waals surface area contributed by atoms with Crippen molar-refractivity contribution in [2.75, 3.05) is 20.6 Å². The molecule has 0 saturated heterocycles. The van der Waals surface area contributed by atoms with E-state index in [4.69, 9.17) is 0 Å².